The molecule has 2 heterocycles. The number of amides is 2. The quantitative estimate of drug-likeness (QED) is 0.541. The van der Waals surface area contributed by atoms with Gasteiger partial charge in [0.2, 0.25) is 0 Å². The van der Waals surface area contributed by atoms with Crippen LogP contribution in [0.4, 0.5) is 0 Å². The van der Waals surface area contributed by atoms with E-state index in [4.69, 9.17) is 0 Å². The van der Waals surface area contributed by atoms with Crippen molar-refractivity contribution in [1.82, 2.24) is 20.7 Å². The third kappa shape index (κ3) is 4.04. The van der Waals surface area contributed by atoms with Crippen LogP contribution in [-0.2, 0) is 4.79 Å². The van der Waals surface area contributed by atoms with Gasteiger partial charge in [0, 0.05) is 33.4 Å². The summed E-state index contributed by atoms with van der Waals surface area (Å²) in [5, 5.41) is 9.47. The fourth-order valence-electron chi connectivity index (χ4n) is 2.19. The van der Waals surface area contributed by atoms with Crippen molar-refractivity contribution in [2.45, 2.75) is 6.92 Å². The van der Waals surface area contributed by atoms with Crippen LogP contribution in [-0.4, -0.2) is 34.5 Å². The smallest absolute Gasteiger partial charge is 0.272 e. The predicted molar refractivity (Wildman–Crippen MR) is 96.7 cm³/mol. The van der Waals surface area contributed by atoms with Crippen molar-refractivity contribution in [3.8, 4) is 0 Å². The molecule has 0 fully saturated rings. The number of nitrogens with one attached hydrogen (secondary N) is 2. The van der Waals surface area contributed by atoms with Crippen LogP contribution in [0.5, 0.6) is 0 Å². The highest BCUT2D eigenvalue weighted by Gasteiger charge is 2.12. The van der Waals surface area contributed by atoms with Crippen molar-refractivity contribution in [1.29, 1.82) is 0 Å². The number of nitrogens with zero attached hydrogens (tertiary/aromatic N) is 3. The van der Waals surface area contributed by atoms with Gasteiger partial charge in [0.1, 0.15) is 5.69 Å². The Bertz CT molecular complexity index is 951. The summed E-state index contributed by atoms with van der Waals surface area (Å²) in [6.45, 7) is 1.48. The lowest BCUT2D eigenvalue weighted by molar-refractivity contribution is -0.120. The Balaban J connectivity index is 1.53. The molecule has 0 saturated carbocycles. The van der Waals surface area contributed by atoms with Gasteiger partial charge in [-0.25, -0.2) is 10.4 Å². The number of hydrogen-bond acceptors (Lipinski definition) is 6. The number of benzene rings is 1. The Kier molecular flexibility index (Phi) is 5.10. The third-order valence-corrected chi connectivity index (χ3v) is 4.39. The number of thiophene rings is 1. The molecule has 25 heavy (non-hydrogen) atoms. The molecule has 2 amide bonds. The molecule has 2 aromatic heterocycles. The topological polar surface area (TPSA) is 96.3 Å². The molecular formula is C17H15N5O2S. The minimum atomic E-state index is -0.450. The Morgan fingerprint density at radius 1 is 1.24 bits per heavy atom. The summed E-state index contributed by atoms with van der Waals surface area (Å²) in [6.07, 6.45) is 4.52. The number of carbonyl (C=O) groups excluding carboxylic acids is 2. The molecular weight excluding hydrogens is 338 g/mol. The number of hydrogen-bond donors (Lipinski definition) is 2. The molecule has 7 nitrogen and oxygen atoms in total. The normalized spacial score (nSPS) is 10.9. The van der Waals surface area contributed by atoms with Gasteiger partial charge in [-0.1, -0.05) is 18.2 Å². The maximum Gasteiger partial charge on any atom is 0.272 e. The SMILES string of the molecule is Cc1nccnc1C(=O)NCC(=O)N/N=C/c1csc2ccccc12. The second kappa shape index (κ2) is 7.63. The Morgan fingerprint density at radius 2 is 2.04 bits per heavy atom. The van der Waals surface area contributed by atoms with Crippen LogP contribution in [0.3, 0.4) is 0 Å². The van der Waals surface area contributed by atoms with Gasteiger partial charge in [-0.3, -0.25) is 14.6 Å². The van der Waals surface area contributed by atoms with Crippen molar-refractivity contribution >= 4 is 39.5 Å². The maximum absolute atomic E-state index is 11.9. The average Bonchev–Trinajstić information content (AvgIpc) is 3.03. The van der Waals surface area contributed by atoms with E-state index >= 15 is 0 Å². The van der Waals surface area contributed by atoms with Crippen molar-refractivity contribution in [2.24, 2.45) is 5.10 Å². The zero-order valence-corrected chi connectivity index (χ0v) is 14.2. The minimum absolute atomic E-state index is 0.198. The van der Waals surface area contributed by atoms with Crippen LogP contribution in [0.1, 0.15) is 21.7 Å². The van der Waals surface area contributed by atoms with Gasteiger partial charge in [0.05, 0.1) is 18.5 Å². The van der Waals surface area contributed by atoms with E-state index < -0.39 is 11.8 Å². The Labute approximate surface area is 147 Å². The van der Waals surface area contributed by atoms with Crippen molar-refractivity contribution in [3.05, 3.63) is 59.0 Å². The van der Waals surface area contributed by atoms with Crippen LogP contribution < -0.4 is 10.7 Å². The first-order valence-electron chi connectivity index (χ1n) is 7.49. The van der Waals surface area contributed by atoms with Crippen molar-refractivity contribution < 1.29 is 9.59 Å². The number of aromatic nitrogens is 2. The molecule has 1 aromatic carbocycles. The van der Waals surface area contributed by atoms with Crippen LogP contribution in [0, 0.1) is 6.92 Å². The first-order valence-corrected chi connectivity index (χ1v) is 8.37. The molecule has 2 N–H and O–H groups in total. The molecule has 0 saturated heterocycles. The second-order valence-corrected chi connectivity index (χ2v) is 6.06. The van der Waals surface area contributed by atoms with Gasteiger partial charge >= 0.3 is 0 Å². The zero-order chi connectivity index (χ0) is 17.6. The lowest BCUT2D eigenvalue weighted by atomic mass is 10.2. The zero-order valence-electron chi connectivity index (χ0n) is 13.4. The number of aryl methyl sites for hydroxylation is 1. The van der Waals surface area contributed by atoms with Gasteiger partial charge in [-0.15, -0.1) is 11.3 Å². The summed E-state index contributed by atoms with van der Waals surface area (Å²) >= 11 is 1.61. The van der Waals surface area contributed by atoms with E-state index in [-0.39, 0.29) is 12.2 Å². The lowest BCUT2D eigenvalue weighted by Gasteiger charge is -2.04. The average molecular weight is 353 g/mol. The van der Waals surface area contributed by atoms with Crippen LogP contribution in [0.2, 0.25) is 0 Å². The van der Waals surface area contributed by atoms with E-state index in [1.807, 2.05) is 29.6 Å². The molecule has 0 bridgehead atoms. The molecule has 0 spiro atoms. The highest BCUT2D eigenvalue weighted by Crippen LogP contribution is 2.23. The first-order chi connectivity index (χ1) is 12.1. The van der Waals surface area contributed by atoms with Crippen molar-refractivity contribution in [2.75, 3.05) is 6.54 Å². The first kappa shape index (κ1) is 16.7. The molecule has 0 aliphatic carbocycles. The van der Waals surface area contributed by atoms with Crippen LogP contribution in [0.15, 0.2) is 47.1 Å². The van der Waals surface area contributed by atoms with Crippen LogP contribution in [0.25, 0.3) is 10.1 Å². The minimum Gasteiger partial charge on any atom is -0.342 e. The van der Waals surface area contributed by atoms with Gasteiger partial charge in [-0.2, -0.15) is 5.10 Å². The molecule has 0 aliphatic rings. The van der Waals surface area contributed by atoms with Crippen LogP contribution >= 0.6 is 11.3 Å². The summed E-state index contributed by atoms with van der Waals surface area (Å²) in [5.41, 5.74) is 4.02. The third-order valence-electron chi connectivity index (χ3n) is 3.41. The lowest BCUT2D eigenvalue weighted by Crippen LogP contribution is -2.35. The summed E-state index contributed by atoms with van der Waals surface area (Å²) in [5.74, 6) is -0.876. The standard InChI is InChI=1S/C17H15N5O2S/c1-11-16(19-7-6-18-11)17(24)20-9-15(23)22-21-8-12-10-25-14-5-3-2-4-13(12)14/h2-8,10H,9H2,1H3,(H,20,24)(H,22,23)/b21-8+. The summed E-state index contributed by atoms with van der Waals surface area (Å²) < 4.78 is 1.15. The summed E-state index contributed by atoms with van der Waals surface area (Å²) in [6, 6.07) is 7.95. The Morgan fingerprint density at radius 3 is 2.88 bits per heavy atom. The van der Waals surface area contributed by atoms with Gasteiger partial charge in [-0.05, 0) is 13.0 Å². The molecule has 0 atom stereocenters. The fraction of sp³-hybridized carbons (Fsp3) is 0.118. The van der Waals surface area contributed by atoms with E-state index in [0.717, 1.165) is 15.6 Å². The number of rotatable bonds is 5. The predicted octanol–water partition coefficient (Wildman–Crippen LogP) is 1.88. The van der Waals surface area contributed by atoms with Gasteiger partial charge in [0.25, 0.3) is 11.8 Å². The van der Waals surface area contributed by atoms with E-state index in [1.165, 1.54) is 12.4 Å². The summed E-state index contributed by atoms with van der Waals surface area (Å²) in [4.78, 5) is 31.7. The highest BCUT2D eigenvalue weighted by atomic mass is 32.1. The molecule has 3 rings (SSSR count). The van der Waals surface area contributed by atoms with Crippen molar-refractivity contribution in [3.63, 3.8) is 0 Å². The molecule has 0 unspecified atom stereocenters. The van der Waals surface area contributed by atoms with E-state index in [1.54, 1.807) is 24.5 Å². The van der Waals surface area contributed by atoms with E-state index in [0.29, 0.717) is 5.69 Å². The molecule has 8 heteroatoms. The largest absolute Gasteiger partial charge is 0.342 e. The number of hydrazone groups is 1. The molecule has 0 aliphatic heterocycles. The van der Waals surface area contributed by atoms with Gasteiger partial charge < -0.3 is 5.32 Å². The summed E-state index contributed by atoms with van der Waals surface area (Å²) in [7, 11) is 0. The molecule has 3 aromatic rings. The maximum atomic E-state index is 11.9. The number of carbonyl (C=O) groups is 2. The number of fused-ring (bicyclic) bond motifs is 1. The Hall–Kier alpha value is -3.13. The fourth-order valence-corrected chi connectivity index (χ4v) is 3.10. The van der Waals surface area contributed by atoms with E-state index in [9.17, 15) is 9.59 Å². The highest BCUT2D eigenvalue weighted by molar-refractivity contribution is 7.17. The molecule has 0 radical (unpaired) electrons. The van der Waals surface area contributed by atoms with Gasteiger partial charge in [0.15, 0.2) is 0 Å². The monoisotopic (exact) mass is 353 g/mol. The molecule has 126 valence electrons. The second-order valence-electron chi connectivity index (χ2n) is 5.15. The van der Waals surface area contributed by atoms with E-state index in [2.05, 4.69) is 25.8 Å².